The van der Waals surface area contributed by atoms with Crippen LogP contribution in [0.3, 0.4) is 0 Å². The van der Waals surface area contributed by atoms with Crippen LogP contribution in [0.15, 0.2) is 83.9 Å². The fourth-order valence-corrected chi connectivity index (χ4v) is 4.69. The molecule has 0 fully saturated rings. The van der Waals surface area contributed by atoms with Gasteiger partial charge in [0, 0.05) is 11.6 Å². The summed E-state index contributed by atoms with van der Waals surface area (Å²) in [5.41, 5.74) is 3.63. The molecular formula is C23H21NO3S. The van der Waals surface area contributed by atoms with E-state index in [9.17, 15) is 8.42 Å². The molecule has 3 aromatic carbocycles. The van der Waals surface area contributed by atoms with Crippen LogP contribution in [0.4, 0.5) is 0 Å². The van der Waals surface area contributed by atoms with Crippen molar-refractivity contribution < 1.29 is 13.2 Å². The van der Waals surface area contributed by atoms with Gasteiger partial charge in [-0.05, 0) is 55.3 Å². The van der Waals surface area contributed by atoms with E-state index in [-0.39, 0.29) is 4.90 Å². The summed E-state index contributed by atoms with van der Waals surface area (Å²) in [5, 5.41) is 0.832. The van der Waals surface area contributed by atoms with Crippen molar-refractivity contribution >= 4 is 20.9 Å². The molecule has 1 aromatic heterocycles. The molecular weight excluding hydrogens is 370 g/mol. The van der Waals surface area contributed by atoms with E-state index in [1.54, 1.807) is 30.5 Å². The number of rotatable bonds is 5. The number of fused-ring (bicyclic) bond motifs is 1. The molecule has 0 unspecified atom stereocenters. The molecule has 0 radical (unpaired) electrons. The fraction of sp³-hybridized carbons (Fsp3) is 0.130. The van der Waals surface area contributed by atoms with Crippen molar-refractivity contribution in [2.45, 2.75) is 25.3 Å². The summed E-state index contributed by atoms with van der Waals surface area (Å²) in [4.78, 5) is 0.277. The van der Waals surface area contributed by atoms with Crippen LogP contribution in [0.2, 0.25) is 0 Å². The van der Waals surface area contributed by atoms with E-state index < -0.39 is 10.0 Å². The van der Waals surface area contributed by atoms with E-state index in [1.165, 1.54) is 3.97 Å². The monoisotopic (exact) mass is 391 g/mol. The van der Waals surface area contributed by atoms with Crippen molar-refractivity contribution in [3.8, 4) is 5.75 Å². The van der Waals surface area contributed by atoms with E-state index in [4.69, 9.17) is 4.74 Å². The molecule has 4 rings (SSSR count). The van der Waals surface area contributed by atoms with Gasteiger partial charge in [-0.25, -0.2) is 12.4 Å². The lowest BCUT2D eigenvalue weighted by Gasteiger charge is -2.12. The highest BCUT2D eigenvalue weighted by Crippen LogP contribution is 2.29. The van der Waals surface area contributed by atoms with Crippen LogP contribution in [0.1, 0.15) is 16.7 Å². The molecule has 1 heterocycles. The van der Waals surface area contributed by atoms with Crippen molar-refractivity contribution in [3.63, 3.8) is 0 Å². The standard InChI is InChI=1S/C23H21NO3S/c1-17-8-10-22(11-9-17)28(25,26)24-13-12-20-15-21(14-18(2)23(20)24)27-16-19-6-4-3-5-7-19/h3-15H,16H2,1-2H3. The van der Waals surface area contributed by atoms with Crippen molar-refractivity contribution in [1.29, 1.82) is 0 Å². The average molecular weight is 391 g/mol. The molecule has 0 N–H and O–H groups in total. The Hall–Kier alpha value is -3.05. The number of hydrogen-bond donors (Lipinski definition) is 0. The zero-order chi connectivity index (χ0) is 19.7. The Morgan fingerprint density at radius 2 is 1.61 bits per heavy atom. The number of nitrogens with zero attached hydrogens (tertiary/aromatic N) is 1. The third kappa shape index (κ3) is 3.41. The first kappa shape index (κ1) is 18.3. The Kier molecular flexibility index (Phi) is 4.69. The zero-order valence-electron chi connectivity index (χ0n) is 15.8. The van der Waals surface area contributed by atoms with Crippen molar-refractivity contribution in [2.75, 3.05) is 0 Å². The first-order valence-corrected chi connectivity index (χ1v) is 10.5. The van der Waals surface area contributed by atoms with E-state index in [0.717, 1.165) is 27.8 Å². The second-order valence-corrected chi connectivity index (χ2v) is 8.70. The number of hydrogen-bond acceptors (Lipinski definition) is 3. The van der Waals surface area contributed by atoms with Gasteiger partial charge in [0.25, 0.3) is 10.0 Å². The summed E-state index contributed by atoms with van der Waals surface area (Å²) in [7, 11) is -3.65. The Morgan fingerprint density at radius 3 is 2.32 bits per heavy atom. The summed E-state index contributed by atoms with van der Waals surface area (Å²) in [6, 6.07) is 22.4. The lowest BCUT2D eigenvalue weighted by molar-refractivity contribution is 0.306. The predicted octanol–water partition coefficient (Wildman–Crippen LogP) is 5.07. The van der Waals surface area contributed by atoms with Gasteiger partial charge >= 0.3 is 0 Å². The number of benzene rings is 3. The molecule has 5 heteroatoms. The van der Waals surface area contributed by atoms with Crippen LogP contribution in [-0.4, -0.2) is 12.4 Å². The topological polar surface area (TPSA) is 48.3 Å². The summed E-state index contributed by atoms with van der Waals surface area (Å²) in [6.07, 6.45) is 1.60. The van der Waals surface area contributed by atoms with E-state index in [1.807, 2.05) is 62.4 Å². The van der Waals surface area contributed by atoms with E-state index in [0.29, 0.717) is 12.1 Å². The van der Waals surface area contributed by atoms with Crippen LogP contribution >= 0.6 is 0 Å². The second-order valence-electron chi connectivity index (χ2n) is 6.88. The van der Waals surface area contributed by atoms with Gasteiger partial charge in [-0.1, -0.05) is 48.0 Å². The Balaban J connectivity index is 1.69. The normalized spacial score (nSPS) is 11.6. The smallest absolute Gasteiger partial charge is 0.268 e. The molecule has 28 heavy (non-hydrogen) atoms. The molecule has 0 atom stereocenters. The third-order valence-electron chi connectivity index (χ3n) is 4.74. The molecule has 4 aromatic rings. The molecule has 0 bridgehead atoms. The first-order valence-electron chi connectivity index (χ1n) is 9.06. The van der Waals surface area contributed by atoms with Gasteiger partial charge in [0.2, 0.25) is 0 Å². The van der Waals surface area contributed by atoms with Crippen molar-refractivity contribution in [2.24, 2.45) is 0 Å². The summed E-state index contributed by atoms with van der Waals surface area (Å²) < 4.78 is 33.5. The van der Waals surface area contributed by atoms with Gasteiger partial charge in [0.1, 0.15) is 12.4 Å². The summed E-state index contributed by atoms with van der Waals surface area (Å²) in [5.74, 6) is 0.722. The predicted molar refractivity (Wildman–Crippen MR) is 111 cm³/mol. The van der Waals surface area contributed by atoms with Crippen molar-refractivity contribution in [3.05, 3.63) is 95.7 Å². The Bertz CT molecular complexity index is 1220. The minimum absolute atomic E-state index is 0.277. The van der Waals surface area contributed by atoms with Crippen LogP contribution in [0, 0.1) is 13.8 Å². The molecule has 0 amide bonds. The zero-order valence-corrected chi connectivity index (χ0v) is 16.6. The lowest BCUT2D eigenvalue weighted by atomic mass is 10.1. The first-order chi connectivity index (χ1) is 13.4. The molecule has 0 spiro atoms. The fourth-order valence-electron chi connectivity index (χ4n) is 3.27. The molecule has 0 saturated heterocycles. The highest BCUT2D eigenvalue weighted by atomic mass is 32.2. The van der Waals surface area contributed by atoms with E-state index in [2.05, 4.69) is 0 Å². The Morgan fingerprint density at radius 1 is 0.893 bits per heavy atom. The van der Waals surface area contributed by atoms with Gasteiger partial charge in [0.05, 0.1) is 10.4 Å². The average Bonchev–Trinajstić information content (AvgIpc) is 3.13. The van der Waals surface area contributed by atoms with Gasteiger partial charge in [-0.2, -0.15) is 0 Å². The number of aromatic nitrogens is 1. The minimum atomic E-state index is -3.65. The summed E-state index contributed by atoms with van der Waals surface area (Å²) >= 11 is 0. The molecule has 0 aliphatic rings. The van der Waals surface area contributed by atoms with Crippen LogP contribution in [-0.2, 0) is 16.6 Å². The highest BCUT2D eigenvalue weighted by Gasteiger charge is 2.20. The second kappa shape index (κ2) is 7.17. The van der Waals surface area contributed by atoms with Crippen LogP contribution < -0.4 is 4.74 Å². The van der Waals surface area contributed by atoms with Crippen molar-refractivity contribution in [1.82, 2.24) is 3.97 Å². The SMILES string of the molecule is Cc1ccc(S(=O)(=O)n2ccc3cc(OCc4ccccc4)cc(C)c32)cc1. The number of aryl methyl sites for hydroxylation is 2. The molecule has 142 valence electrons. The quantitative estimate of drug-likeness (QED) is 0.477. The Labute approximate surface area is 165 Å². The number of ether oxygens (including phenoxy) is 1. The minimum Gasteiger partial charge on any atom is -0.489 e. The maximum atomic E-state index is 13.1. The van der Waals surface area contributed by atoms with Crippen LogP contribution in [0.25, 0.3) is 10.9 Å². The van der Waals surface area contributed by atoms with Gasteiger partial charge in [-0.15, -0.1) is 0 Å². The van der Waals surface area contributed by atoms with Crippen LogP contribution in [0.5, 0.6) is 5.75 Å². The lowest BCUT2D eigenvalue weighted by Crippen LogP contribution is -2.12. The van der Waals surface area contributed by atoms with Gasteiger partial charge in [0.15, 0.2) is 0 Å². The van der Waals surface area contributed by atoms with Gasteiger partial charge < -0.3 is 4.74 Å². The highest BCUT2D eigenvalue weighted by molar-refractivity contribution is 7.90. The maximum Gasteiger partial charge on any atom is 0.268 e. The molecule has 0 aliphatic heterocycles. The molecule has 0 aliphatic carbocycles. The molecule has 0 saturated carbocycles. The molecule has 4 nitrogen and oxygen atoms in total. The largest absolute Gasteiger partial charge is 0.489 e. The summed E-state index contributed by atoms with van der Waals surface area (Å²) in [6.45, 7) is 4.30. The van der Waals surface area contributed by atoms with Gasteiger partial charge in [-0.3, -0.25) is 0 Å². The van der Waals surface area contributed by atoms with E-state index >= 15 is 0 Å². The maximum absolute atomic E-state index is 13.1. The third-order valence-corrected chi connectivity index (χ3v) is 6.43.